The van der Waals surface area contributed by atoms with E-state index in [1.807, 2.05) is 51.7 Å². The number of halogens is 1. The molecule has 0 bridgehead atoms. The molecule has 0 spiro atoms. The van der Waals surface area contributed by atoms with Gasteiger partial charge in [-0.3, -0.25) is 4.79 Å². The third kappa shape index (κ3) is 11.0. The second kappa shape index (κ2) is 19.1. The first-order valence-electron chi connectivity index (χ1n) is 19.1. The number of carbonyl (C=O) groups is 1. The van der Waals surface area contributed by atoms with Crippen LogP contribution < -0.4 is 0 Å². The zero-order valence-electron chi connectivity index (χ0n) is 34.6. The second-order valence-electron chi connectivity index (χ2n) is 17.2. The summed E-state index contributed by atoms with van der Waals surface area (Å²) in [6, 6.07) is -0.808. The first kappa shape index (κ1) is 48.4. The fourth-order valence-electron chi connectivity index (χ4n) is 8.74. The molecule has 0 unspecified atom stereocenters. The first-order valence-corrected chi connectivity index (χ1v) is 19.1. The number of esters is 1. The highest BCUT2D eigenvalue weighted by Crippen LogP contribution is 2.40. The van der Waals surface area contributed by atoms with E-state index in [1.165, 1.54) is 14.0 Å². The van der Waals surface area contributed by atoms with Crippen LogP contribution >= 0.6 is 12.4 Å². The van der Waals surface area contributed by atoms with E-state index in [1.54, 1.807) is 41.5 Å². The SMILES string of the molecule is CC[C@H]1OC(=O)[C@H](C)[C@@H](O[C@H]2C[C@@](C)(OC)[C@@H](O)[C@H](C)O2)[C@H](C)[C@@H](O[C@@H]2O[C@H](C)C[C@H](N(C)C)[C@H]2O)[C@](C)(O)C[C@@H](C)CN(C)[C@H](C)[C@@H](O)[C@]1(C)O.Cl. The maximum Gasteiger partial charge on any atom is 0.311 e. The van der Waals surface area contributed by atoms with Crippen molar-refractivity contribution in [3.8, 4) is 0 Å². The minimum atomic E-state index is -1.80. The molecule has 3 aliphatic heterocycles. The standard InChI is InChI=1S/C38H72N2O12.ClH/c1-15-27-38(10,46)31(42)24(6)40(13)19-20(2)17-36(8,45)33(52-35-29(41)26(39(11)12)16-21(3)48-35)22(4)30(23(5)34(44)50-27)51-28-18-37(9,47-14)32(43)25(7)49-28;/h20-33,35,41-43,45-46H,15-19H2,1-14H3;1H/t20-,21-,22+,23-,24-,25+,26+,27-,28+,29-,30+,31-,32+,33-,35+,36-,37-,38-;/m1./s1. The van der Waals surface area contributed by atoms with Crippen molar-refractivity contribution in [3.63, 3.8) is 0 Å². The van der Waals surface area contributed by atoms with Crippen molar-refractivity contribution < 1.29 is 58.7 Å². The van der Waals surface area contributed by atoms with Gasteiger partial charge in [0.15, 0.2) is 12.6 Å². The van der Waals surface area contributed by atoms with Crippen LogP contribution in [0.4, 0.5) is 0 Å². The van der Waals surface area contributed by atoms with E-state index < -0.39 is 96.0 Å². The van der Waals surface area contributed by atoms with Crippen molar-refractivity contribution in [2.45, 2.75) is 185 Å². The summed E-state index contributed by atoms with van der Waals surface area (Å²) in [5.74, 6) is -2.58. The van der Waals surface area contributed by atoms with Gasteiger partial charge in [0.2, 0.25) is 0 Å². The molecule has 15 heteroatoms. The first-order chi connectivity index (χ1) is 23.9. The lowest BCUT2D eigenvalue weighted by Crippen LogP contribution is -2.60. The molecule has 3 heterocycles. The number of likely N-dealkylation sites (N-methyl/N-ethyl adjacent to an activating group) is 2. The Morgan fingerprint density at radius 2 is 1.55 bits per heavy atom. The lowest BCUT2D eigenvalue weighted by atomic mass is 9.77. The van der Waals surface area contributed by atoms with Gasteiger partial charge in [-0.1, -0.05) is 20.8 Å². The van der Waals surface area contributed by atoms with Gasteiger partial charge in [-0.25, -0.2) is 0 Å². The molecule has 53 heavy (non-hydrogen) atoms. The van der Waals surface area contributed by atoms with Crippen LogP contribution in [0, 0.1) is 17.8 Å². The van der Waals surface area contributed by atoms with Crippen molar-refractivity contribution in [2.24, 2.45) is 17.8 Å². The number of hydrogen-bond acceptors (Lipinski definition) is 14. The molecule has 5 N–H and O–H groups in total. The van der Waals surface area contributed by atoms with Crippen molar-refractivity contribution >= 4 is 18.4 Å². The molecule has 0 aromatic heterocycles. The van der Waals surface area contributed by atoms with E-state index in [0.29, 0.717) is 13.0 Å². The summed E-state index contributed by atoms with van der Waals surface area (Å²) >= 11 is 0. The normalized spacial score (nSPS) is 48.7. The van der Waals surface area contributed by atoms with E-state index >= 15 is 0 Å². The second-order valence-corrected chi connectivity index (χ2v) is 17.2. The molecule has 314 valence electrons. The average molecular weight is 785 g/mol. The van der Waals surface area contributed by atoms with Crippen molar-refractivity contribution in [3.05, 3.63) is 0 Å². The number of carbonyl (C=O) groups excluding carboxylic acids is 1. The number of aliphatic hydroxyl groups excluding tert-OH is 3. The zero-order valence-corrected chi connectivity index (χ0v) is 35.4. The topological polar surface area (TPSA) is 180 Å². The van der Waals surface area contributed by atoms with Crippen molar-refractivity contribution in [1.29, 1.82) is 0 Å². The summed E-state index contributed by atoms with van der Waals surface area (Å²) in [4.78, 5) is 18.0. The van der Waals surface area contributed by atoms with Crippen LogP contribution in [-0.2, 0) is 33.2 Å². The molecular formula is C38H73ClN2O12. The average Bonchev–Trinajstić information content (AvgIpc) is 3.05. The van der Waals surface area contributed by atoms with Crippen LogP contribution in [0.15, 0.2) is 0 Å². The largest absolute Gasteiger partial charge is 0.459 e. The van der Waals surface area contributed by atoms with Gasteiger partial charge in [-0.15, -0.1) is 12.4 Å². The molecule has 3 aliphatic rings. The minimum absolute atomic E-state index is 0. The summed E-state index contributed by atoms with van der Waals surface area (Å²) in [6.45, 7) is 18.0. The molecule has 0 radical (unpaired) electrons. The van der Waals surface area contributed by atoms with Gasteiger partial charge in [-0.2, -0.15) is 0 Å². The van der Waals surface area contributed by atoms with Crippen LogP contribution in [-0.4, -0.2) is 166 Å². The Kier molecular flexibility index (Phi) is 17.5. The van der Waals surface area contributed by atoms with Gasteiger partial charge in [0.05, 0.1) is 41.5 Å². The monoisotopic (exact) mass is 784 g/mol. The van der Waals surface area contributed by atoms with Crippen LogP contribution in [0.1, 0.15) is 94.9 Å². The molecule has 3 fully saturated rings. The van der Waals surface area contributed by atoms with Crippen LogP contribution in [0.3, 0.4) is 0 Å². The minimum Gasteiger partial charge on any atom is -0.459 e. The van der Waals surface area contributed by atoms with Gasteiger partial charge in [0, 0.05) is 38.1 Å². The van der Waals surface area contributed by atoms with Gasteiger partial charge in [0.25, 0.3) is 0 Å². The van der Waals surface area contributed by atoms with E-state index in [-0.39, 0.29) is 49.7 Å². The van der Waals surface area contributed by atoms with Crippen LogP contribution in [0.2, 0.25) is 0 Å². The van der Waals surface area contributed by atoms with Gasteiger partial charge in [-0.05, 0) is 94.8 Å². The van der Waals surface area contributed by atoms with E-state index in [4.69, 9.17) is 28.4 Å². The van der Waals surface area contributed by atoms with Gasteiger partial charge < -0.3 is 63.8 Å². The predicted molar refractivity (Wildman–Crippen MR) is 201 cm³/mol. The highest BCUT2D eigenvalue weighted by atomic mass is 35.5. The smallest absolute Gasteiger partial charge is 0.311 e. The Labute approximate surface area is 324 Å². The Balaban J connectivity index is 0.00000972. The Hall–Kier alpha value is -0.720. The molecule has 0 aromatic rings. The lowest BCUT2D eigenvalue weighted by Gasteiger charge is -2.48. The van der Waals surface area contributed by atoms with E-state index in [0.717, 1.165) is 0 Å². The molecule has 0 aromatic carbocycles. The zero-order chi connectivity index (χ0) is 39.7. The summed E-state index contributed by atoms with van der Waals surface area (Å²) in [7, 11) is 7.12. The Bertz CT molecular complexity index is 1150. The lowest BCUT2D eigenvalue weighted by molar-refractivity contribution is -0.318. The summed E-state index contributed by atoms with van der Waals surface area (Å²) in [5.41, 5.74) is -4.37. The summed E-state index contributed by atoms with van der Waals surface area (Å²) < 4.78 is 37.5. The molecule has 0 saturated carbocycles. The number of cyclic esters (lactones) is 1. The third-order valence-electron chi connectivity index (χ3n) is 12.2. The van der Waals surface area contributed by atoms with Gasteiger partial charge in [0.1, 0.15) is 30.0 Å². The summed E-state index contributed by atoms with van der Waals surface area (Å²) in [6.07, 6.45) is -8.19. The fourth-order valence-corrected chi connectivity index (χ4v) is 8.74. The van der Waals surface area contributed by atoms with Crippen LogP contribution in [0.5, 0.6) is 0 Å². The predicted octanol–water partition coefficient (Wildman–Crippen LogP) is 2.32. The molecule has 3 rings (SSSR count). The molecular weight excluding hydrogens is 712 g/mol. The maximum absolute atomic E-state index is 14.2. The summed E-state index contributed by atoms with van der Waals surface area (Å²) in [5, 5.41) is 58.1. The van der Waals surface area contributed by atoms with Crippen molar-refractivity contribution in [1.82, 2.24) is 9.80 Å². The Morgan fingerprint density at radius 1 is 0.943 bits per heavy atom. The number of methoxy groups -OCH3 is 1. The Morgan fingerprint density at radius 3 is 2.09 bits per heavy atom. The van der Waals surface area contributed by atoms with Crippen LogP contribution in [0.25, 0.3) is 0 Å². The fraction of sp³-hybridized carbons (Fsp3) is 0.974. The van der Waals surface area contributed by atoms with Gasteiger partial charge >= 0.3 is 5.97 Å². The highest BCUT2D eigenvalue weighted by molar-refractivity contribution is 5.85. The number of hydrogen-bond donors (Lipinski definition) is 5. The molecule has 14 nitrogen and oxygen atoms in total. The number of rotatable bonds is 7. The molecule has 18 atom stereocenters. The van der Waals surface area contributed by atoms with E-state index in [9.17, 15) is 30.3 Å². The van der Waals surface area contributed by atoms with E-state index in [2.05, 4.69) is 0 Å². The molecule has 0 aliphatic carbocycles. The quantitative estimate of drug-likeness (QED) is 0.238. The third-order valence-corrected chi connectivity index (χ3v) is 12.2. The number of ether oxygens (including phenoxy) is 6. The number of nitrogens with zero attached hydrogens (tertiary/aromatic N) is 2. The molecule has 3 saturated heterocycles. The number of aliphatic hydroxyl groups is 5. The highest BCUT2D eigenvalue weighted by Gasteiger charge is 2.52. The molecule has 0 amide bonds. The maximum atomic E-state index is 14.2. The van der Waals surface area contributed by atoms with Crippen molar-refractivity contribution in [2.75, 3.05) is 34.8 Å².